The molecule has 0 radical (unpaired) electrons. The van der Waals surface area contributed by atoms with Crippen LogP contribution in [0.2, 0.25) is 0 Å². The van der Waals surface area contributed by atoms with Gasteiger partial charge in [0.15, 0.2) is 0 Å². The van der Waals surface area contributed by atoms with Gasteiger partial charge < -0.3 is 4.74 Å². The van der Waals surface area contributed by atoms with Crippen LogP contribution in [0.5, 0.6) is 0 Å². The van der Waals surface area contributed by atoms with Crippen molar-refractivity contribution in [3.05, 3.63) is 33.1 Å². The highest BCUT2D eigenvalue weighted by Gasteiger charge is 2.51. The Morgan fingerprint density at radius 2 is 2.12 bits per heavy atom. The van der Waals surface area contributed by atoms with Gasteiger partial charge in [-0.05, 0) is 12.8 Å². The second kappa shape index (κ2) is 3.87. The zero-order valence-electron chi connectivity index (χ0n) is 9.80. The van der Waals surface area contributed by atoms with Crippen LogP contribution in [0.15, 0.2) is 21.9 Å². The summed E-state index contributed by atoms with van der Waals surface area (Å²) in [6, 6.07) is 1.31. The molecule has 0 N–H and O–H groups in total. The Kier molecular flexibility index (Phi) is 2.65. The van der Waals surface area contributed by atoms with E-state index in [0.717, 1.165) is 17.4 Å². The third-order valence-corrected chi connectivity index (χ3v) is 3.21. The van der Waals surface area contributed by atoms with Gasteiger partial charge in [0.1, 0.15) is 0 Å². The Hall–Kier alpha value is -1.85. The fourth-order valence-electron chi connectivity index (χ4n) is 1.86. The third kappa shape index (κ3) is 1.90. The van der Waals surface area contributed by atoms with Gasteiger partial charge in [-0.2, -0.15) is 0 Å². The SMILES string of the molecule is COC(=O)C1(Cn2ccc(=O)n(C)c2=O)CC1. The minimum absolute atomic E-state index is 0.270. The highest BCUT2D eigenvalue weighted by Crippen LogP contribution is 2.47. The number of aromatic nitrogens is 2. The first-order valence-corrected chi connectivity index (χ1v) is 5.35. The molecule has 17 heavy (non-hydrogen) atoms. The lowest BCUT2D eigenvalue weighted by Gasteiger charge is -2.14. The van der Waals surface area contributed by atoms with Crippen molar-refractivity contribution in [1.29, 1.82) is 0 Å². The molecule has 1 aromatic rings. The van der Waals surface area contributed by atoms with Crippen LogP contribution in [0.25, 0.3) is 0 Å². The van der Waals surface area contributed by atoms with Crippen LogP contribution in [0, 0.1) is 5.41 Å². The molecular weight excluding hydrogens is 224 g/mol. The lowest BCUT2D eigenvalue weighted by molar-refractivity contribution is -0.147. The smallest absolute Gasteiger partial charge is 0.330 e. The van der Waals surface area contributed by atoms with E-state index in [1.165, 1.54) is 31.0 Å². The maximum atomic E-state index is 11.8. The second-order valence-corrected chi connectivity index (χ2v) is 4.40. The quantitative estimate of drug-likeness (QED) is 0.666. The van der Waals surface area contributed by atoms with Gasteiger partial charge >= 0.3 is 11.7 Å². The Balaban J connectivity index is 2.32. The number of rotatable bonds is 3. The van der Waals surface area contributed by atoms with E-state index < -0.39 is 11.1 Å². The molecule has 0 spiro atoms. The van der Waals surface area contributed by atoms with E-state index in [9.17, 15) is 14.4 Å². The maximum absolute atomic E-state index is 11.8. The molecule has 6 nitrogen and oxygen atoms in total. The van der Waals surface area contributed by atoms with Crippen molar-refractivity contribution in [2.45, 2.75) is 19.4 Å². The largest absolute Gasteiger partial charge is 0.469 e. The van der Waals surface area contributed by atoms with Crippen molar-refractivity contribution in [1.82, 2.24) is 9.13 Å². The summed E-state index contributed by atoms with van der Waals surface area (Å²) in [5, 5.41) is 0. The van der Waals surface area contributed by atoms with E-state index in [-0.39, 0.29) is 18.1 Å². The Labute approximate surface area is 97.4 Å². The molecule has 1 aromatic heterocycles. The number of methoxy groups -OCH3 is 1. The molecule has 6 heteroatoms. The molecule has 1 aliphatic rings. The lowest BCUT2D eigenvalue weighted by Crippen LogP contribution is -2.39. The molecule has 1 heterocycles. The zero-order chi connectivity index (χ0) is 12.6. The fourth-order valence-corrected chi connectivity index (χ4v) is 1.86. The molecule has 0 bridgehead atoms. The van der Waals surface area contributed by atoms with Gasteiger partial charge in [-0.15, -0.1) is 0 Å². The highest BCUT2D eigenvalue weighted by atomic mass is 16.5. The number of esters is 1. The summed E-state index contributed by atoms with van der Waals surface area (Å²) in [5.41, 5.74) is -1.34. The van der Waals surface area contributed by atoms with E-state index >= 15 is 0 Å². The van der Waals surface area contributed by atoms with Gasteiger partial charge in [0.05, 0.1) is 12.5 Å². The van der Waals surface area contributed by atoms with Gasteiger partial charge in [0.2, 0.25) is 0 Å². The number of ether oxygens (including phenoxy) is 1. The van der Waals surface area contributed by atoms with Gasteiger partial charge in [0, 0.05) is 25.9 Å². The molecule has 1 aliphatic carbocycles. The van der Waals surface area contributed by atoms with Crippen molar-refractivity contribution in [2.24, 2.45) is 12.5 Å². The van der Waals surface area contributed by atoms with Crippen LogP contribution in [0.4, 0.5) is 0 Å². The lowest BCUT2D eigenvalue weighted by atomic mass is 10.1. The normalized spacial score (nSPS) is 16.6. The van der Waals surface area contributed by atoms with Crippen molar-refractivity contribution in [2.75, 3.05) is 7.11 Å². The van der Waals surface area contributed by atoms with Crippen molar-refractivity contribution in [3.63, 3.8) is 0 Å². The standard InChI is InChI=1S/C11H14N2O4/c1-12-8(14)3-6-13(10(12)16)7-11(4-5-11)9(15)17-2/h3,6H,4-5,7H2,1-2H3. The summed E-state index contributed by atoms with van der Waals surface area (Å²) >= 11 is 0. The molecule has 1 fully saturated rings. The van der Waals surface area contributed by atoms with Gasteiger partial charge in [-0.1, -0.05) is 0 Å². The van der Waals surface area contributed by atoms with E-state index in [1.54, 1.807) is 0 Å². The summed E-state index contributed by atoms with van der Waals surface area (Å²) < 4.78 is 7.12. The number of carbonyl (C=O) groups is 1. The number of hydrogen-bond acceptors (Lipinski definition) is 4. The number of hydrogen-bond donors (Lipinski definition) is 0. The highest BCUT2D eigenvalue weighted by molar-refractivity contribution is 5.79. The number of nitrogens with zero attached hydrogens (tertiary/aromatic N) is 2. The van der Waals surface area contributed by atoms with Crippen LogP contribution in [0.1, 0.15) is 12.8 Å². The predicted molar refractivity (Wildman–Crippen MR) is 59.6 cm³/mol. The molecule has 0 amide bonds. The van der Waals surface area contributed by atoms with E-state index in [4.69, 9.17) is 4.74 Å². The van der Waals surface area contributed by atoms with Gasteiger partial charge in [0.25, 0.3) is 5.56 Å². The monoisotopic (exact) mass is 238 g/mol. The molecule has 0 unspecified atom stereocenters. The molecule has 0 atom stereocenters. The van der Waals surface area contributed by atoms with Crippen molar-refractivity contribution >= 4 is 5.97 Å². The summed E-state index contributed by atoms with van der Waals surface area (Å²) in [6.07, 6.45) is 2.86. The second-order valence-electron chi connectivity index (χ2n) is 4.40. The Bertz CT molecular complexity index is 566. The van der Waals surface area contributed by atoms with E-state index in [1.807, 2.05) is 0 Å². The zero-order valence-corrected chi connectivity index (χ0v) is 9.80. The maximum Gasteiger partial charge on any atom is 0.330 e. The van der Waals surface area contributed by atoms with E-state index in [0.29, 0.717) is 0 Å². The summed E-state index contributed by atoms with van der Waals surface area (Å²) in [6.45, 7) is 0.270. The topological polar surface area (TPSA) is 70.3 Å². The summed E-state index contributed by atoms with van der Waals surface area (Å²) in [5.74, 6) is -0.293. The van der Waals surface area contributed by atoms with Crippen LogP contribution in [-0.4, -0.2) is 22.2 Å². The van der Waals surface area contributed by atoms with Crippen LogP contribution >= 0.6 is 0 Å². The van der Waals surface area contributed by atoms with Crippen molar-refractivity contribution < 1.29 is 9.53 Å². The predicted octanol–water partition coefficient (Wildman–Crippen LogP) is -0.500. The molecule has 0 aromatic carbocycles. The average Bonchev–Trinajstić information content (AvgIpc) is 3.10. The minimum atomic E-state index is -0.573. The molecule has 2 rings (SSSR count). The Morgan fingerprint density at radius 1 is 1.47 bits per heavy atom. The van der Waals surface area contributed by atoms with Crippen LogP contribution < -0.4 is 11.2 Å². The van der Waals surface area contributed by atoms with Crippen LogP contribution in [0.3, 0.4) is 0 Å². The fraction of sp³-hybridized carbons (Fsp3) is 0.545. The molecule has 92 valence electrons. The molecule has 1 saturated carbocycles. The molecule has 0 aliphatic heterocycles. The van der Waals surface area contributed by atoms with Gasteiger partial charge in [-0.25, -0.2) is 4.79 Å². The van der Waals surface area contributed by atoms with Gasteiger partial charge in [-0.3, -0.25) is 18.7 Å². The first-order valence-electron chi connectivity index (χ1n) is 5.35. The first kappa shape index (κ1) is 11.6. The molecular formula is C11H14N2O4. The minimum Gasteiger partial charge on any atom is -0.469 e. The summed E-state index contributed by atoms with van der Waals surface area (Å²) in [4.78, 5) is 34.6. The van der Waals surface area contributed by atoms with E-state index in [2.05, 4.69) is 0 Å². The van der Waals surface area contributed by atoms with Crippen LogP contribution in [-0.2, 0) is 23.1 Å². The first-order chi connectivity index (χ1) is 8.00. The summed E-state index contributed by atoms with van der Waals surface area (Å²) in [7, 11) is 2.75. The Morgan fingerprint density at radius 3 is 2.65 bits per heavy atom. The molecule has 0 saturated heterocycles. The number of carbonyl (C=O) groups excluding carboxylic acids is 1. The third-order valence-electron chi connectivity index (χ3n) is 3.21. The average molecular weight is 238 g/mol. The van der Waals surface area contributed by atoms with Crippen molar-refractivity contribution in [3.8, 4) is 0 Å².